The summed E-state index contributed by atoms with van der Waals surface area (Å²) in [5.74, 6) is 0. The Morgan fingerprint density at radius 3 is 2.29 bits per heavy atom. The molecule has 1 heterocycles. The third-order valence-electron chi connectivity index (χ3n) is 2.61. The highest BCUT2D eigenvalue weighted by atomic mass is 35.5. The molecular formula is C12H22ClN3O. The predicted octanol–water partition coefficient (Wildman–Crippen LogP) is 1.89. The van der Waals surface area contributed by atoms with E-state index in [1.54, 1.807) is 4.68 Å². The Bertz CT molecular complexity index is 380. The molecule has 5 heteroatoms. The van der Waals surface area contributed by atoms with Crippen molar-refractivity contribution in [3.63, 3.8) is 0 Å². The molecule has 17 heavy (non-hydrogen) atoms. The van der Waals surface area contributed by atoms with Crippen molar-refractivity contribution < 1.29 is 5.11 Å². The molecule has 0 amide bonds. The van der Waals surface area contributed by atoms with Crippen molar-refractivity contribution in [2.45, 2.75) is 39.3 Å². The Balaban J connectivity index is 3.05. The third kappa shape index (κ3) is 3.44. The molecule has 1 rings (SSSR count). The molecule has 0 fully saturated rings. The molecule has 0 aromatic carbocycles. The highest BCUT2D eigenvalue weighted by Gasteiger charge is 2.25. The molecule has 0 aliphatic carbocycles. The number of hydrogen-bond acceptors (Lipinski definition) is 3. The van der Waals surface area contributed by atoms with Gasteiger partial charge in [-0.2, -0.15) is 5.10 Å². The van der Waals surface area contributed by atoms with Crippen molar-refractivity contribution in [2.24, 2.45) is 0 Å². The average Bonchev–Trinajstić information content (AvgIpc) is 2.51. The van der Waals surface area contributed by atoms with Crippen LogP contribution in [0.15, 0.2) is 0 Å². The second kappa shape index (κ2) is 5.38. The molecule has 0 unspecified atom stereocenters. The van der Waals surface area contributed by atoms with Gasteiger partial charge in [0.2, 0.25) is 0 Å². The van der Waals surface area contributed by atoms with Gasteiger partial charge in [0, 0.05) is 17.5 Å². The number of aliphatic hydroxyl groups is 1. The van der Waals surface area contributed by atoms with E-state index in [1.807, 2.05) is 14.1 Å². The first-order valence-electron chi connectivity index (χ1n) is 5.78. The van der Waals surface area contributed by atoms with Gasteiger partial charge in [-0.05, 0) is 14.1 Å². The predicted molar refractivity (Wildman–Crippen MR) is 70.4 cm³/mol. The summed E-state index contributed by atoms with van der Waals surface area (Å²) in [5, 5.41) is 14.5. The second-order valence-electron chi connectivity index (χ2n) is 5.55. The fraction of sp³-hybridized carbons (Fsp3) is 0.750. The Kier molecular flexibility index (Phi) is 4.58. The number of halogens is 1. The number of rotatable bonds is 4. The van der Waals surface area contributed by atoms with Crippen LogP contribution in [0.1, 0.15) is 32.0 Å². The van der Waals surface area contributed by atoms with Crippen LogP contribution in [0.3, 0.4) is 0 Å². The van der Waals surface area contributed by atoms with Gasteiger partial charge in [0.15, 0.2) is 0 Å². The summed E-state index contributed by atoms with van der Waals surface area (Å²) in [6.45, 7) is 7.75. The molecule has 0 aliphatic rings. The topological polar surface area (TPSA) is 41.3 Å². The van der Waals surface area contributed by atoms with Crippen LogP contribution in [0.2, 0.25) is 5.15 Å². The van der Waals surface area contributed by atoms with Gasteiger partial charge in [0.1, 0.15) is 5.15 Å². The minimum absolute atomic E-state index is 0.0621. The highest BCUT2D eigenvalue weighted by molar-refractivity contribution is 6.30. The van der Waals surface area contributed by atoms with Crippen LogP contribution < -0.4 is 0 Å². The van der Waals surface area contributed by atoms with E-state index in [-0.39, 0.29) is 12.0 Å². The van der Waals surface area contributed by atoms with Crippen molar-refractivity contribution in [1.29, 1.82) is 0 Å². The molecule has 0 aliphatic heterocycles. The lowest BCUT2D eigenvalue weighted by Crippen LogP contribution is -2.20. The van der Waals surface area contributed by atoms with Crippen LogP contribution in [0.4, 0.5) is 0 Å². The lowest BCUT2D eigenvalue weighted by Gasteiger charge is -2.16. The van der Waals surface area contributed by atoms with Crippen LogP contribution in [0.25, 0.3) is 0 Å². The maximum Gasteiger partial charge on any atom is 0.132 e. The van der Waals surface area contributed by atoms with Gasteiger partial charge < -0.3 is 10.0 Å². The third-order valence-corrected chi connectivity index (χ3v) is 3.03. The summed E-state index contributed by atoms with van der Waals surface area (Å²) in [5.41, 5.74) is 1.52. The van der Waals surface area contributed by atoms with E-state index < -0.39 is 0 Å². The molecule has 1 aromatic rings. The van der Waals surface area contributed by atoms with Crippen LogP contribution >= 0.6 is 11.6 Å². The van der Waals surface area contributed by atoms with E-state index in [4.69, 9.17) is 11.6 Å². The second-order valence-corrected chi connectivity index (χ2v) is 5.91. The summed E-state index contributed by atoms with van der Waals surface area (Å²) in [7, 11) is 4.02. The van der Waals surface area contributed by atoms with Gasteiger partial charge in [-0.15, -0.1) is 0 Å². The van der Waals surface area contributed by atoms with E-state index in [2.05, 4.69) is 30.8 Å². The van der Waals surface area contributed by atoms with Gasteiger partial charge in [0.25, 0.3) is 0 Å². The Hall–Kier alpha value is -0.580. The smallest absolute Gasteiger partial charge is 0.132 e. The fourth-order valence-corrected chi connectivity index (χ4v) is 1.94. The van der Waals surface area contributed by atoms with E-state index in [0.717, 1.165) is 24.3 Å². The zero-order chi connectivity index (χ0) is 13.2. The van der Waals surface area contributed by atoms with Crippen molar-refractivity contribution in [3.8, 4) is 0 Å². The van der Waals surface area contributed by atoms with E-state index in [9.17, 15) is 5.11 Å². The SMILES string of the molecule is CN(C)CCn1nc(C(C)(C)C)c(CO)c1Cl. The normalized spacial score (nSPS) is 12.5. The van der Waals surface area contributed by atoms with Gasteiger partial charge >= 0.3 is 0 Å². The van der Waals surface area contributed by atoms with Gasteiger partial charge in [0.05, 0.1) is 18.8 Å². The van der Waals surface area contributed by atoms with Crippen molar-refractivity contribution >= 4 is 11.6 Å². The Labute approximate surface area is 108 Å². The average molecular weight is 260 g/mol. The minimum Gasteiger partial charge on any atom is -0.391 e. The van der Waals surface area contributed by atoms with Gasteiger partial charge in [-0.3, -0.25) is 4.68 Å². The Morgan fingerprint density at radius 2 is 1.94 bits per heavy atom. The molecule has 0 saturated heterocycles. The number of hydrogen-bond donors (Lipinski definition) is 1. The largest absolute Gasteiger partial charge is 0.391 e. The molecule has 0 bridgehead atoms. The molecule has 0 atom stereocenters. The number of aliphatic hydroxyl groups excluding tert-OH is 1. The zero-order valence-electron chi connectivity index (χ0n) is 11.3. The van der Waals surface area contributed by atoms with Gasteiger partial charge in [-0.25, -0.2) is 0 Å². The standard InChI is InChI=1S/C12H22ClN3O/c1-12(2,3)10-9(8-17)11(13)16(14-10)7-6-15(4)5/h17H,6-8H2,1-5H3. The summed E-state index contributed by atoms with van der Waals surface area (Å²) < 4.78 is 1.77. The molecule has 1 aromatic heterocycles. The van der Waals surface area contributed by atoms with Crippen LogP contribution in [0.5, 0.6) is 0 Å². The van der Waals surface area contributed by atoms with E-state index >= 15 is 0 Å². The molecule has 0 saturated carbocycles. The summed E-state index contributed by atoms with van der Waals surface area (Å²) in [4.78, 5) is 2.08. The monoisotopic (exact) mass is 259 g/mol. The number of nitrogens with zero attached hydrogens (tertiary/aromatic N) is 3. The van der Waals surface area contributed by atoms with E-state index in [1.165, 1.54) is 0 Å². The highest BCUT2D eigenvalue weighted by Crippen LogP contribution is 2.29. The number of likely N-dealkylation sites (N-methyl/N-ethyl adjacent to an activating group) is 1. The quantitative estimate of drug-likeness (QED) is 0.898. The number of aromatic nitrogens is 2. The zero-order valence-corrected chi connectivity index (χ0v) is 12.0. The maximum atomic E-state index is 9.41. The van der Waals surface area contributed by atoms with Crippen LogP contribution in [0, 0.1) is 0 Å². The molecule has 0 spiro atoms. The fourth-order valence-electron chi connectivity index (χ4n) is 1.66. The van der Waals surface area contributed by atoms with Crippen LogP contribution in [-0.4, -0.2) is 40.4 Å². The first kappa shape index (κ1) is 14.5. The first-order valence-corrected chi connectivity index (χ1v) is 6.16. The molecule has 4 nitrogen and oxygen atoms in total. The minimum atomic E-state index is -0.106. The molecule has 0 radical (unpaired) electrons. The summed E-state index contributed by atoms with van der Waals surface area (Å²) in [6, 6.07) is 0. The first-order chi connectivity index (χ1) is 7.77. The molecule has 1 N–H and O–H groups in total. The molecular weight excluding hydrogens is 238 g/mol. The van der Waals surface area contributed by atoms with Crippen molar-refractivity contribution in [3.05, 3.63) is 16.4 Å². The van der Waals surface area contributed by atoms with Crippen LogP contribution in [-0.2, 0) is 18.6 Å². The van der Waals surface area contributed by atoms with E-state index in [0.29, 0.717) is 5.15 Å². The van der Waals surface area contributed by atoms with Gasteiger partial charge in [-0.1, -0.05) is 32.4 Å². The summed E-state index contributed by atoms with van der Waals surface area (Å²) in [6.07, 6.45) is 0. The maximum absolute atomic E-state index is 9.41. The molecule has 98 valence electrons. The van der Waals surface area contributed by atoms with Crippen molar-refractivity contribution in [1.82, 2.24) is 14.7 Å². The summed E-state index contributed by atoms with van der Waals surface area (Å²) >= 11 is 6.24. The lowest BCUT2D eigenvalue weighted by molar-refractivity contribution is 0.278. The lowest BCUT2D eigenvalue weighted by atomic mass is 9.90. The van der Waals surface area contributed by atoms with Crippen molar-refractivity contribution in [2.75, 3.05) is 20.6 Å². The Morgan fingerprint density at radius 1 is 1.35 bits per heavy atom.